The van der Waals surface area contributed by atoms with Crippen LogP contribution < -0.4 is 5.73 Å². The van der Waals surface area contributed by atoms with E-state index in [1.165, 1.54) is 9.80 Å². The predicted octanol–water partition coefficient (Wildman–Crippen LogP) is 1.30. The minimum absolute atomic E-state index is 0.0668. The summed E-state index contributed by atoms with van der Waals surface area (Å²) in [5.41, 5.74) is 7.76. The lowest BCUT2D eigenvalue weighted by atomic mass is 10.1. The highest BCUT2D eigenvalue weighted by molar-refractivity contribution is 6.08. The lowest BCUT2D eigenvalue weighted by Crippen LogP contribution is -2.40. The molecule has 0 atom stereocenters. The molecule has 0 bridgehead atoms. The van der Waals surface area contributed by atoms with Crippen LogP contribution in [0.3, 0.4) is 0 Å². The third kappa shape index (κ3) is 2.99. The van der Waals surface area contributed by atoms with Gasteiger partial charge < -0.3 is 20.5 Å². The van der Waals surface area contributed by atoms with Crippen molar-refractivity contribution in [3.63, 3.8) is 0 Å². The first-order valence-electron chi connectivity index (χ1n) is 6.80. The van der Waals surface area contributed by atoms with Crippen molar-refractivity contribution in [3.8, 4) is 0 Å². The van der Waals surface area contributed by atoms with E-state index in [4.69, 9.17) is 5.73 Å². The van der Waals surface area contributed by atoms with Gasteiger partial charge in [0.15, 0.2) is 0 Å². The minimum Gasteiger partial charge on any atom is -0.399 e. The Hall–Kier alpha value is -2.50. The molecule has 1 heterocycles. The van der Waals surface area contributed by atoms with Gasteiger partial charge in [-0.3, -0.25) is 9.59 Å². The van der Waals surface area contributed by atoms with Gasteiger partial charge in [0.2, 0.25) is 5.91 Å². The van der Waals surface area contributed by atoms with Gasteiger partial charge in [0.1, 0.15) is 0 Å². The number of hydrogen-bond acceptors (Lipinski definition) is 3. The SMILES string of the molecule is CCN(CC(=O)N(C)C)C(=O)c1c[nH]c2ccc(N)cc12. The number of nitrogens with zero attached hydrogens (tertiary/aromatic N) is 2. The summed E-state index contributed by atoms with van der Waals surface area (Å²) < 4.78 is 0. The van der Waals surface area contributed by atoms with Crippen LogP contribution in [0.25, 0.3) is 10.9 Å². The maximum atomic E-state index is 12.6. The molecule has 1 aromatic heterocycles. The third-order valence-electron chi connectivity index (χ3n) is 3.43. The van der Waals surface area contributed by atoms with E-state index in [-0.39, 0.29) is 18.4 Å². The van der Waals surface area contributed by atoms with Gasteiger partial charge in [0.05, 0.1) is 12.1 Å². The number of carbonyl (C=O) groups is 2. The fraction of sp³-hybridized carbons (Fsp3) is 0.333. The summed E-state index contributed by atoms with van der Waals surface area (Å²) in [4.78, 5) is 30.5. The van der Waals surface area contributed by atoms with E-state index < -0.39 is 0 Å². The molecule has 3 N–H and O–H groups in total. The number of nitrogen functional groups attached to an aromatic ring is 1. The second-order valence-electron chi connectivity index (χ2n) is 5.11. The fourth-order valence-electron chi connectivity index (χ4n) is 2.12. The van der Waals surface area contributed by atoms with Crippen LogP contribution in [0.15, 0.2) is 24.4 Å². The molecule has 0 saturated heterocycles. The van der Waals surface area contributed by atoms with Gasteiger partial charge in [0, 0.05) is 43.4 Å². The molecule has 0 unspecified atom stereocenters. The van der Waals surface area contributed by atoms with E-state index in [2.05, 4.69) is 4.98 Å². The van der Waals surface area contributed by atoms with Crippen LogP contribution in [0.4, 0.5) is 5.69 Å². The number of benzene rings is 1. The van der Waals surface area contributed by atoms with E-state index in [0.717, 1.165) is 10.9 Å². The normalized spacial score (nSPS) is 10.6. The number of carbonyl (C=O) groups excluding carboxylic acids is 2. The molecule has 6 heteroatoms. The third-order valence-corrected chi connectivity index (χ3v) is 3.43. The molecule has 112 valence electrons. The van der Waals surface area contributed by atoms with Crippen molar-refractivity contribution in [1.82, 2.24) is 14.8 Å². The Morgan fingerprint density at radius 1 is 1.29 bits per heavy atom. The molecule has 0 aliphatic heterocycles. The molecular weight excluding hydrogens is 268 g/mol. The van der Waals surface area contributed by atoms with Gasteiger partial charge in [0.25, 0.3) is 5.91 Å². The smallest absolute Gasteiger partial charge is 0.256 e. The lowest BCUT2D eigenvalue weighted by molar-refractivity contribution is -0.129. The number of fused-ring (bicyclic) bond motifs is 1. The van der Waals surface area contributed by atoms with Crippen molar-refractivity contribution in [3.05, 3.63) is 30.0 Å². The first kappa shape index (κ1) is 14.9. The summed E-state index contributed by atoms with van der Waals surface area (Å²) in [5, 5.41) is 0.774. The van der Waals surface area contributed by atoms with E-state index in [9.17, 15) is 9.59 Å². The highest BCUT2D eigenvalue weighted by Crippen LogP contribution is 2.22. The number of nitrogens with two attached hydrogens (primary N) is 1. The van der Waals surface area contributed by atoms with E-state index >= 15 is 0 Å². The van der Waals surface area contributed by atoms with E-state index in [1.807, 2.05) is 13.0 Å². The summed E-state index contributed by atoms with van der Waals surface area (Å²) in [6.45, 7) is 2.38. The summed E-state index contributed by atoms with van der Waals surface area (Å²) in [6.07, 6.45) is 1.66. The molecule has 1 aromatic carbocycles. The second kappa shape index (κ2) is 5.87. The zero-order valence-corrected chi connectivity index (χ0v) is 12.5. The minimum atomic E-state index is -0.176. The van der Waals surface area contributed by atoms with Crippen LogP contribution in [0, 0.1) is 0 Å². The van der Waals surface area contributed by atoms with Crippen molar-refractivity contribution in [1.29, 1.82) is 0 Å². The Bertz CT molecular complexity index is 675. The Morgan fingerprint density at radius 2 is 2.00 bits per heavy atom. The van der Waals surface area contributed by atoms with Gasteiger partial charge >= 0.3 is 0 Å². The maximum Gasteiger partial charge on any atom is 0.256 e. The van der Waals surface area contributed by atoms with Crippen LogP contribution >= 0.6 is 0 Å². The molecule has 0 aliphatic carbocycles. The quantitative estimate of drug-likeness (QED) is 0.832. The molecule has 0 radical (unpaired) electrons. The molecule has 0 fully saturated rings. The summed E-state index contributed by atoms with van der Waals surface area (Å²) in [7, 11) is 3.35. The highest BCUT2D eigenvalue weighted by atomic mass is 16.2. The number of nitrogens with one attached hydrogen (secondary N) is 1. The van der Waals surface area contributed by atoms with Gasteiger partial charge in [-0.2, -0.15) is 0 Å². The van der Waals surface area contributed by atoms with Crippen LogP contribution in [-0.4, -0.2) is 53.8 Å². The lowest BCUT2D eigenvalue weighted by Gasteiger charge is -2.22. The topological polar surface area (TPSA) is 82.4 Å². The first-order valence-corrected chi connectivity index (χ1v) is 6.80. The number of rotatable bonds is 4. The van der Waals surface area contributed by atoms with Crippen LogP contribution in [-0.2, 0) is 4.79 Å². The van der Waals surface area contributed by atoms with Crippen molar-refractivity contribution in [2.24, 2.45) is 0 Å². The molecule has 0 saturated carbocycles. The number of aromatic nitrogens is 1. The molecule has 2 rings (SSSR count). The summed E-state index contributed by atoms with van der Waals surface area (Å²) in [6, 6.07) is 5.38. The molecule has 2 aromatic rings. The second-order valence-corrected chi connectivity index (χ2v) is 5.11. The van der Waals surface area contributed by atoms with Gasteiger partial charge in [-0.25, -0.2) is 0 Å². The molecule has 21 heavy (non-hydrogen) atoms. The average molecular weight is 288 g/mol. The average Bonchev–Trinajstić information content (AvgIpc) is 2.86. The van der Waals surface area contributed by atoms with E-state index in [0.29, 0.717) is 17.8 Å². The number of anilines is 1. The zero-order chi connectivity index (χ0) is 15.6. The fourth-order valence-corrected chi connectivity index (χ4v) is 2.12. The highest BCUT2D eigenvalue weighted by Gasteiger charge is 2.21. The number of amides is 2. The Kier molecular flexibility index (Phi) is 4.16. The monoisotopic (exact) mass is 288 g/mol. The van der Waals surface area contributed by atoms with Crippen LogP contribution in [0.1, 0.15) is 17.3 Å². The maximum absolute atomic E-state index is 12.6. The molecule has 2 amide bonds. The Balaban J connectivity index is 2.31. The molecule has 0 aliphatic rings. The zero-order valence-electron chi connectivity index (χ0n) is 12.5. The largest absolute Gasteiger partial charge is 0.399 e. The van der Waals surface area contributed by atoms with Gasteiger partial charge in [-0.15, -0.1) is 0 Å². The number of H-pyrrole nitrogens is 1. The Morgan fingerprint density at radius 3 is 2.62 bits per heavy atom. The van der Waals surface area contributed by atoms with Crippen LogP contribution in [0.5, 0.6) is 0 Å². The van der Waals surface area contributed by atoms with Crippen LogP contribution in [0.2, 0.25) is 0 Å². The summed E-state index contributed by atoms with van der Waals surface area (Å²) >= 11 is 0. The number of aromatic amines is 1. The number of hydrogen-bond donors (Lipinski definition) is 2. The van der Waals surface area contributed by atoms with E-state index in [1.54, 1.807) is 32.4 Å². The standard InChI is InChI=1S/C15H20N4O2/c1-4-19(9-14(20)18(2)3)15(21)12-8-17-13-6-5-10(16)7-11(12)13/h5-8,17H,4,9,16H2,1-3H3. The van der Waals surface area contributed by atoms with Gasteiger partial charge in [-0.1, -0.05) is 0 Å². The van der Waals surface area contributed by atoms with Gasteiger partial charge in [-0.05, 0) is 25.1 Å². The van der Waals surface area contributed by atoms with Crippen molar-refractivity contribution in [2.45, 2.75) is 6.92 Å². The van der Waals surface area contributed by atoms with Crippen molar-refractivity contribution < 1.29 is 9.59 Å². The predicted molar refractivity (Wildman–Crippen MR) is 83.0 cm³/mol. The molecular formula is C15H20N4O2. The van der Waals surface area contributed by atoms with Crippen molar-refractivity contribution in [2.75, 3.05) is 32.9 Å². The first-order chi connectivity index (χ1) is 9.93. The number of likely N-dealkylation sites (N-methyl/N-ethyl adjacent to an activating group) is 2. The molecule has 0 spiro atoms. The summed E-state index contributed by atoms with van der Waals surface area (Å²) in [5.74, 6) is -0.283. The Labute approximate surface area is 123 Å². The molecule has 6 nitrogen and oxygen atoms in total. The van der Waals surface area contributed by atoms with Crippen molar-refractivity contribution >= 4 is 28.4 Å².